The number of halogens is 3. The number of carboxylic acids is 1. The summed E-state index contributed by atoms with van der Waals surface area (Å²) in [5.41, 5.74) is 10.1. The molecule has 1 heterocycles. The van der Waals surface area contributed by atoms with Gasteiger partial charge in [0.2, 0.25) is 0 Å². The molecule has 0 spiro atoms. The lowest BCUT2D eigenvalue weighted by Gasteiger charge is -2.17. The van der Waals surface area contributed by atoms with E-state index in [-0.39, 0.29) is 29.4 Å². The number of rotatable bonds is 9. The molecule has 3 aromatic carbocycles. The molecule has 3 N–H and O–H groups in total. The lowest BCUT2D eigenvalue weighted by atomic mass is 9.90. The normalized spacial score (nSPS) is 18.4. The summed E-state index contributed by atoms with van der Waals surface area (Å²) in [6.45, 7) is 4.65. The van der Waals surface area contributed by atoms with E-state index >= 15 is 0 Å². The van der Waals surface area contributed by atoms with Crippen LogP contribution in [0.15, 0.2) is 65.2 Å². The van der Waals surface area contributed by atoms with Crippen LogP contribution in [0.3, 0.4) is 0 Å². The fourth-order valence-corrected chi connectivity index (χ4v) is 6.07. The van der Waals surface area contributed by atoms with Gasteiger partial charge in [-0.15, -0.1) is 0 Å². The van der Waals surface area contributed by atoms with Crippen LogP contribution < -0.4 is 10.5 Å². The Hall–Kier alpha value is -3.03. The van der Waals surface area contributed by atoms with Crippen LogP contribution in [-0.4, -0.2) is 22.8 Å². The van der Waals surface area contributed by atoms with Gasteiger partial charge in [-0.25, -0.2) is 4.79 Å². The van der Waals surface area contributed by atoms with Crippen molar-refractivity contribution in [2.75, 3.05) is 6.54 Å². The second kappa shape index (κ2) is 10.9. The highest BCUT2D eigenvalue weighted by molar-refractivity contribution is 6.39. The van der Waals surface area contributed by atoms with Gasteiger partial charge in [0.1, 0.15) is 23.8 Å². The first-order valence-electron chi connectivity index (χ1n) is 12.5. The van der Waals surface area contributed by atoms with Crippen molar-refractivity contribution in [2.24, 2.45) is 5.73 Å². The van der Waals surface area contributed by atoms with Gasteiger partial charge in [0.25, 0.3) is 0 Å². The molecular weight excluding hydrogens is 559 g/mol. The van der Waals surface area contributed by atoms with Gasteiger partial charge in [-0.3, -0.25) is 0 Å². The highest BCUT2D eigenvalue weighted by Crippen LogP contribution is 2.61. The zero-order valence-electron chi connectivity index (χ0n) is 21.4. The Kier molecular flexibility index (Phi) is 7.66. The first-order valence-corrected chi connectivity index (χ1v) is 13.7. The number of ether oxygens (including phenoxy) is 1. The zero-order valence-corrected chi connectivity index (χ0v) is 23.6. The molecule has 0 amide bonds. The Labute approximate surface area is 241 Å². The van der Waals surface area contributed by atoms with E-state index in [0.717, 1.165) is 23.1 Å². The average molecular weight is 586 g/mol. The van der Waals surface area contributed by atoms with Gasteiger partial charge < -0.3 is 20.1 Å². The van der Waals surface area contributed by atoms with Crippen LogP contribution in [0.1, 0.15) is 64.9 Å². The number of aromatic nitrogens is 1. The largest absolute Gasteiger partial charge is 0.489 e. The van der Waals surface area contributed by atoms with E-state index in [4.69, 9.17) is 49.8 Å². The quantitative estimate of drug-likeness (QED) is 0.206. The SMILES string of the molecule is CC(C)c1onc(-c2c(Cl)cccc2Cl)c1COc1ccc(C2CC2(CN)c2ccc(C(=O)O)cc2)c(Cl)c1. The Balaban J connectivity index is 1.37. The summed E-state index contributed by atoms with van der Waals surface area (Å²) in [7, 11) is 0. The molecule has 1 saturated carbocycles. The number of carboxylic acid groups (broad SMARTS) is 1. The van der Waals surface area contributed by atoms with Crippen molar-refractivity contribution >= 4 is 40.8 Å². The summed E-state index contributed by atoms with van der Waals surface area (Å²) in [5, 5.41) is 15.0. The number of aromatic carboxylic acids is 1. The van der Waals surface area contributed by atoms with Crippen molar-refractivity contribution in [1.82, 2.24) is 5.16 Å². The topological polar surface area (TPSA) is 98.6 Å². The molecule has 9 heteroatoms. The molecule has 0 radical (unpaired) electrons. The highest BCUT2D eigenvalue weighted by Gasteiger charge is 2.55. The van der Waals surface area contributed by atoms with Gasteiger partial charge in [-0.2, -0.15) is 0 Å². The first-order chi connectivity index (χ1) is 18.7. The minimum atomic E-state index is -0.955. The fraction of sp³-hybridized carbons (Fsp3) is 0.267. The van der Waals surface area contributed by atoms with E-state index in [9.17, 15) is 9.90 Å². The fourth-order valence-electron chi connectivity index (χ4n) is 5.19. The van der Waals surface area contributed by atoms with Gasteiger partial charge in [0.15, 0.2) is 0 Å². The van der Waals surface area contributed by atoms with Crippen LogP contribution in [0.25, 0.3) is 11.3 Å². The van der Waals surface area contributed by atoms with Crippen LogP contribution in [-0.2, 0) is 12.0 Å². The molecule has 0 saturated heterocycles. The molecule has 6 nitrogen and oxygen atoms in total. The summed E-state index contributed by atoms with van der Waals surface area (Å²) in [5.74, 6) is 0.535. The van der Waals surface area contributed by atoms with Crippen LogP contribution in [0.2, 0.25) is 15.1 Å². The summed E-state index contributed by atoms with van der Waals surface area (Å²) in [4.78, 5) is 11.2. The van der Waals surface area contributed by atoms with E-state index in [2.05, 4.69) is 5.16 Å². The van der Waals surface area contributed by atoms with Crippen LogP contribution in [0.5, 0.6) is 5.75 Å². The maximum Gasteiger partial charge on any atom is 0.335 e. The van der Waals surface area contributed by atoms with E-state index in [1.165, 1.54) is 0 Å². The summed E-state index contributed by atoms with van der Waals surface area (Å²) < 4.78 is 11.8. The number of carbonyl (C=O) groups is 1. The molecule has 1 aliphatic rings. The number of nitrogens with zero attached hydrogens (tertiary/aromatic N) is 1. The number of nitrogens with two attached hydrogens (primary N) is 1. The van der Waals surface area contributed by atoms with Crippen molar-refractivity contribution in [3.8, 4) is 17.0 Å². The molecule has 1 aromatic heterocycles. The molecule has 202 valence electrons. The predicted molar refractivity (Wildman–Crippen MR) is 153 cm³/mol. The Morgan fingerprint density at radius 2 is 1.79 bits per heavy atom. The molecular formula is C30H27Cl3N2O4. The summed E-state index contributed by atoms with van der Waals surface area (Å²) in [6, 6.07) is 17.9. The van der Waals surface area contributed by atoms with Gasteiger partial charge >= 0.3 is 5.97 Å². The maximum atomic E-state index is 11.2. The van der Waals surface area contributed by atoms with Gasteiger partial charge in [-0.1, -0.05) is 78.1 Å². The lowest BCUT2D eigenvalue weighted by molar-refractivity contribution is 0.0697. The smallest absolute Gasteiger partial charge is 0.335 e. The molecule has 5 rings (SSSR count). The van der Waals surface area contributed by atoms with E-state index < -0.39 is 5.97 Å². The van der Waals surface area contributed by atoms with Crippen molar-refractivity contribution in [1.29, 1.82) is 0 Å². The Morgan fingerprint density at radius 1 is 1.10 bits per heavy atom. The van der Waals surface area contributed by atoms with Crippen molar-refractivity contribution in [3.63, 3.8) is 0 Å². The van der Waals surface area contributed by atoms with Gasteiger partial charge in [0.05, 0.1) is 21.2 Å². The first kappa shape index (κ1) is 27.5. The molecule has 0 aliphatic heterocycles. The predicted octanol–water partition coefficient (Wildman–Crippen LogP) is 8.09. The van der Waals surface area contributed by atoms with E-state index in [1.54, 1.807) is 36.4 Å². The third-order valence-electron chi connectivity index (χ3n) is 7.42. The third kappa shape index (κ3) is 5.14. The molecule has 1 aliphatic carbocycles. The summed E-state index contributed by atoms with van der Waals surface area (Å²) >= 11 is 19.7. The molecule has 39 heavy (non-hydrogen) atoms. The van der Waals surface area contributed by atoms with Crippen LogP contribution >= 0.6 is 34.8 Å². The number of hydrogen-bond acceptors (Lipinski definition) is 5. The molecule has 2 unspecified atom stereocenters. The standard InChI is InChI=1S/C30H27Cl3N2O4/c1-16(2)28-21(27(35-39-28)26-23(31)4-3-5-24(26)32)14-38-19-10-11-20(25(33)12-19)22-13-30(22,15-34)18-8-6-17(7-9-18)29(36)37/h3-12,16,22H,13-15,34H2,1-2H3,(H,36,37). The second-order valence-electron chi connectivity index (χ2n) is 10.1. The Bertz CT molecular complexity index is 1510. The van der Waals surface area contributed by atoms with Crippen molar-refractivity contribution in [3.05, 3.63) is 104 Å². The van der Waals surface area contributed by atoms with Crippen molar-refractivity contribution < 1.29 is 19.2 Å². The van der Waals surface area contributed by atoms with Crippen molar-refractivity contribution in [2.45, 2.75) is 44.1 Å². The molecule has 0 bridgehead atoms. The molecule has 4 aromatic rings. The van der Waals surface area contributed by atoms with Crippen LogP contribution in [0.4, 0.5) is 0 Å². The highest BCUT2D eigenvalue weighted by atomic mass is 35.5. The minimum absolute atomic E-state index is 0.0703. The number of hydrogen-bond donors (Lipinski definition) is 2. The van der Waals surface area contributed by atoms with Gasteiger partial charge in [-0.05, 0) is 59.9 Å². The lowest BCUT2D eigenvalue weighted by Crippen LogP contribution is -2.22. The van der Waals surface area contributed by atoms with Gasteiger partial charge in [0, 0.05) is 28.5 Å². The minimum Gasteiger partial charge on any atom is -0.489 e. The molecule has 1 fully saturated rings. The monoisotopic (exact) mass is 584 g/mol. The zero-order chi connectivity index (χ0) is 27.9. The Morgan fingerprint density at radius 3 is 2.38 bits per heavy atom. The summed E-state index contributed by atoms with van der Waals surface area (Å²) in [6.07, 6.45) is 0.830. The average Bonchev–Trinajstić information content (AvgIpc) is 3.50. The van der Waals surface area contributed by atoms with Crippen LogP contribution in [0, 0.1) is 0 Å². The second-order valence-corrected chi connectivity index (χ2v) is 11.3. The van der Waals surface area contributed by atoms with E-state index in [1.807, 2.05) is 38.1 Å². The third-order valence-corrected chi connectivity index (χ3v) is 8.38. The van der Waals surface area contributed by atoms with E-state index in [0.29, 0.717) is 44.4 Å². The molecule has 2 atom stereocenters. The number of benzene rings is 3. The maximum absolute atomic E-state index is 11.2.